The standard InChI is InChI=1S/C13H14Cl3NO2S/c14-8-5-9-1-2-10(6-8)17(9)20(18,19)11-3-4-12(15)13(16)7-11/h3-4,7-10H,1-2,5-6H2. The molecule has 3 nitrogen and oxygen atoms in total. The van der Waals surface area contributed by atoms with Gasteiger partial charge >= 0.3 is 0 Å². The predicted octanol–water partition coefficient (Wildman–Crippen LogP) is 3.92. The highest BCUT2D eigenvalue weighted by molar-refractivity contribution is 7.89. The molecule has 2 atom stereocenters. The van der Waals surface area contributed by atoms with Crippen LogP contribution in [0.25, 0.3) is 0 Å². The number of alkyl halides is 1. The Kier molecular flexibility index (Phi) is 3.97. The van der Waals surface area contributed by atoms with Crippen LogP contribution in [0.15, 0.2) is 23.1 Å². The Bertz CT molecular complexity index is 621. The van der Waals surface area contributed by atoms with Gasteiger partial charge in [-0.3, -0.25) is 0 Å². The Morgan fingerprint density at radius 3 is 2.20 bits per heavy atom. The lowest BCUT2D eigenvalue weighted by Gasteiger charge is -2.35. The summed E-state index contributed by atoms with van der Waals surface area (Å²) in [4.78, 5) is 0.205. The Hall–Kier alpha value is -0.000000000000000111. The van der Waals surface area contributed by atoms with E-state index in [1.54, 1.807) is 4.31 Å². The van der Waals surface area contributed by atoms with Crippen LogP contribution in [0.5, 0.6) is 0 Å². The van der Waals surface area contributed by atoms with Crippen LogP contribution in [0.2, 0.25) is 10.0 Å². The van der Waals surface area contributed by atoms with E-state index < -0.39 is 10.0 Å². The number of sulfonamides is 1. The third-order valence-corrected chi connectivity index (χ3v) is 7.17. The summed E-state index contributed by atoms with van der Waals surface area (Å²) in [7, 11) is -3.53. The maximum Gasteiger partial charge on any atom is 0.243 e. The van der Waals surface area contributed by atoms with E-state index in [0.29, 0.717) is 5.02 Å². The van der Waals surface area contributed by atoms with Crippen molar-refractivity contribution in [1.29, 1.82) is 0 Å². The van der Waals surface area contributed by atoms with Crippen molar-refractivity contribution >= 4 is 44.8 Å². The van der Waals surface area contributed by atoms with E-state index in [9.17, 15) is 8.42 Å². The van der Waals surface area contributed by atoms with Crippen LogP contribution in [0.3, 0.4) is 0 Å². The Balaban J connectivity index is 1.98. The van der Waals surface area contributed by atoms with Gasteiger partial charge in [-0.25, -0.2) is 8.42 Å². The molecule has 0 amide bonds. The molecule has 110 valence electrons. The van der Waals surface area contributed by atoms with Crippen LogP contribution in [0, 0.1) is 0 Å². The second-order valence-electron chi connectivity index (χ2n) is 5.36. The second-order valence-corrected chi connectivity index (χ2v) is 8.64. The van der Waals surface area contributed by atoms with Gasteiger partial charge in [-0.1, -0.05) is 23.2 Å². The number of hydrogen-bond acceptors (Lipinski definition) is 2. The van der Waals surface area contributed by atoms with E-state index in [1.165, 1.54) is 18.2 Å². The fourth-order valence-corrected chi connectivity index (χ4v) is 5.91. The van der Waals surface area contributed by atoms with Crippen molar-refractivity contribution in [2.45, 2.75) is 48.0 Å². The Labute approximate surface area is 133 Å². The summed E-state index contributed by atoms with van der Waals surface area (Å²) in [6.45, 7) is 0. The average molecular weight is 355 g/mol. The van der Waals surface area contributed by atoms with Crippen molar-refractivity contribution in [2.75, 3.05) is 0 Å². The quantitative estimate of drug-likeness (QED) is 0.755. The summed E-state index contributed by atoms with van der Waals surface area (Å²) in [5, 5.41) is 0.688. The maximum atomic E-state index is 12.8. The van der Waals surface area contributed by atoms with Gasteiger partial charge in [0.25, 0.3) is 0 Å². The van der Waals surface area contributed by atoms with Gasteiger partial charge in [0, 0.05) is 17.5 Å². The molecule has 2 saturated heterocycles. The Morgan fingerprint density at radius 2 is 1.65 bits per heavy atom. The minimum absolute atomic E-state index is 0.00991. The minimum Gasteiger partial charge on any atom is -0.207 e. The van der Waals surface area contributed by atoms with Gasteiger partial charge in [0.2, 0.25) is 10.0 Å². The van der Waals surface area contributed by atoms with Gasteiger partial charge in [0.15, 0.2) is 0 Å². The highest BCUT2D eigenvalue weighted by Gasteiger charge is 2.46. The summed E-state index contributed by atoms with van der Waals surface area (Å²) in [5.41, 5.74) is 0. The summed E-state index contributed by atoms with van der Waals surface area (Å²) in [6.07, 6.45) is 3.21. The summed E-state index contributed by atoms with van der Waals surface area (Å²) >= 11 is 18.0. The van der Waals surface area contributed by atoms with E-state index in [0.717, 1.165) is 25.7 Å². The van der Waals surface area contributed by atoms with Gasteiger partial charge in [-0.05, 0) is 43.9 Å². The SMILES string of the molecule is O=S(=O)(c1ccc(Cl)c(Cl)c1)N1C2CCC1CC(Cl)C2. The lowest BCUT2D eigenvalue weighted by Crippen LogP contribution is -2.46. The molecular formula is C13H14Cl3NO2S. The van der Waals surface area contributed by atoms with Crippen molar-refractivity contribution in [2.24, 2.45) is 0 Å². The number of benzene rings is 1. The van der Waals surface area contributed by atoms with Crippen molar-refractivity contribution in [3.8, 4) is 0 Å². The topological polar surface area (TPSA) is 37.4 Å². The molecule has 2 unspecified atom stereocenters. The van der Waals surface area contributed by atoms with Crippen LogP contribution in [0.4, 0.5) is 0 Å². The first kappa shape index (κ1) is 14.9. The van der Waals surface area contributed by atoms with Gasteiger partial charge in [0.1, 0.15) is 0 Å². The molecule has 3 rings (SSSR count). The number of halogens is 3. The maximum absolute atomic E-state index is 12.8. The molecule has 1 aromatic carbocycles. The fourth-order valence-electron chi connectivity index (χ4n) is 3.22. The first-order chi connectivity index (χ1) is 9.39. The highest BCUT2D eigenvalue weighted by atomic mass is 35.5. The van der Waals surface area contributed by atoms with E-state index in [1.807, 2.05) is 0 Å². The molecular weight excluding hydrogens is 341 g/mol. The van der Waals surface area contributed by atoms with E-state index in [2.05, 4.69) is 0 Å². The predicted molar refractivity (Wildman–Crippen MR) is 81.2 cm³/mol. The largest absolute Gasteiger partial charge is 0.243 e. The monoisotopic (exact) mass is 353 g/mol. The number of piperidine rings is 1. The molecule has 0 saturated carbocycles. The normalized spacial score (nSPS) is 30.6. The summed E-state index contributed by atoms with van der Waals surface area (Å²) in [6, 6.07) is 4.47. The lowest BCUT2D eigenvalue weighted by atomic mass is 10.1. The molecule has 0 aromatic heterocycles. The molecule has 2 aliphatic rings. The summed E-state index contributed by atoms with van der Waals surface area (Å²) in [5.74, 6) is 0. The van der Waals surface area contributed by atoms with E-state index in [-0.39, 0.29) is 27.4 Å². The van der Waals surface area contributed by atoms with Crippen LogP contribution in [-0.2, 0) is 10.0 Å². The first-order valence-electron chi connectivity index (χ1n) is 6.52. The number of rotatable bonds is 2. The molecule has 0 aliphatic carbocycles. The van der Waals surface area contributed by atoms with Crippen LogP contribution in [0.1, 0.15) is 25.7 Å². The summed E-state index contributed by atoms with van der Waals surface area (Å²) < 4.78 is 27.2. The van der Waals surface area contributed by atoms with Gasteiger partial charge in [-0.15, -0.1) is 11.6 Å². The molecule has 0 N–H and O–H groups in total. The smallest absolute Gasteiger partial charge is 0.207 e. The zero-order valence-corrected chi connectivity index (χ0v) is 13.7. The third kappa shape index (κ3) is 2.46. The molecule has 0 spiro atoms. The van der Waals surface area contributed by atoms with Crippen molar-refractivity contribution in [1.82, 2.24) is 4.31 Å². The zero-order chi connectivity index (χ0) is 14.5. The van der Waals surface area contributed by atoms with Gasteiger partial charge < -0.3 is 0 Å². The van der Waals surface area contributed by atoms with Crippen molar-refractivity contribution < 1.29 is 8.42 Å². The molecule has 2 fully saturated rings. The molecule has 7 heteroatoms. The lowest BCUT2D eigenvalue weighted by molar-refractivity contribution is 0.251. The van der Waals surface area contributed by atoms with Crippen molar-refractivity contribution in [3.63, 3.8) is 0 Å². The molecule has 0 radical (unpaired) electrons. The van der Waals surface area contributed by atoms with Crippen LogP contribution in [-0.4, -0.2) is 30.2 Å². The fraction of sp³-hybridized carbons (Fsp3) is 0.538. The first-order valence-corrected chi connectivity index (χ1v) is 9.15. The minimum atomic E-state index is -3.53. The molecule has 1 aromatic rings. The number of fused-ring (bicyclic) bond motifs is 2. The highest BCUT2D eigenvalue weighted by Crippen LogP contribution is 2.41. The number of nitrogens with zero attached hydrogens (tertiary/aromatic N) is 1. The van der Waals surface area contributed by atoms with E-state index >= 15 is 0 Å². The third-order valence-electron chi connectivity index (χ3n) is 4.08. The molecule has 2 aliphatic heterocycles. The molecule has 2 bridgehead atoms. The van der Waals surface area contributed by atoms with Gasteiger partial charge in [-0.2, -0.15) is 4.31 Å². The molecule has 20 heavy (non-hydrogen) atoms. The Morgan fingerprint density at radius 1 is 1.05 bits per heavy atom. The number of hydrogen-bond donors (Lipinski definition) is 0. The average Bonchev–Trinajstić information content (AvgIpc) is 2.66. The molecule has 2 heterocycles. The second kappa shape index (κ2) is 5.33. The van der Waals surface area contributed by atoms with Crippen LogP contribution >= 0.6 is 34.8 Å². The van der Waals surface area contributed by atoms with Gasteiger partial charge in [0.05, 0.1) is 14.9 Å². The van der Waals surface area contributed by atoms with E-state index in [4.69, 9.17) is 34.8 Å². The van der Waals surface area contributed by atoms with Crippen LogP contribution < -0.4 is 0 Å². The van der Waals surface area contributed by atoms with Crippen molar-refractivity contribution in [3.05, 3.63) is 28.2 Å². The zero-order valence-electron chi connectivity index (χ0n) is 10.6.